The van der Waals surface area contributed by atoms with Crippen LogP contribution in [0, 0.1) is 6.92 Å². The summed E-state index contributed by atoms with van der Waals surface area (Å²) in [5.41, 5.74) is 2.20. The number of unbranched alkanes of at least 4 members (excludes halogenated alkanes) is 2. The monoisotopic (exact) mass is 243 g/mol. The number of rotatable bonds is 5. The van der Waals surface area contributed by atoms with Gasteiger partial charge in [-0.3, -0.25) is 0 Å². The van der Waals surface area contributed by atoms with Crippen LogP contribution in [0.5, 0.6) is 0 Å². The molecule has 1 aromatic rings. The highest BCUT2D eigenvalue weighted by molar-refractivity contribution is 5.69. The Labute approximate surface area is 109 Å². The van der Waals surface area contributed by atoms with E-state index in [4.69, 9.17) is 4.42 Å². The van der Waals surface area contributed by atoms with E-state index in [1.54, 1.807) is 0 Å². The maximum atomic E-state index is 5.78. The number of oxazole rings is 1. The molecule has 2 nitrogen and oxygen atoms in total. The third-order valence-corrected chi connectivity index (χ3v) is 3.15. The van der Waals surface area contributed by atoms with Crippen LogP contribution in [0.2, 0.25) is 0 Å². The Balaban J connectivity index is 2.10. The first-order chi connectivity index (χ1) is 8.81. The number of allylic oxidation sites excluding steroid dienone is 6. The summed E-state index contributed by atoms with van der Waals surface area (Å²) in [6.45, 7) is 4.23. The quantitative estimate of drug-likeness (QED) is 0.705. The van der Waals surface area contributed by atoms with Crippen molar-refractivity contribution >= 4 is 5.57 Å². The maximum Gasteiger partial charge on any atom is 0.226 e. The minimum Gasteiger partial charge on any atom is -0.441 e. The first-order valence-corrected chi connectivity index (χ1v) is 6.81. The zero-order chi connectivity index (χ0) is 12.8. The molecule has 2 heteroatoms. The van der Waals surface area contributed by atoms with Gasteiger partial charge >= 0.3 is 0 Å². The SMILES string of the molecule is CCCCCc1nc(C2=CCC=CC=C2)oc1C. The third kappa shape index (κ3) is 3.22. The number of aryl methyl sites for hydroxylation is 2. The Kier molecular flexibility index (Phi) is 4.57. The molecule has 0 spiro atoms. The largest absolute Gasteiger partial charge is 0.441 e. The fourth-order valence-electron chi connectivity index (χ4n) is 2.06. The average Bonchev–Trinajstić information content (AvgIpc) is 2.59. The smallest absolute Gasteiger partial charge is 0.226 e. The van der Waals surface area contributed by atoms with Gasteiger partial charge in [0, 0.05) is 5.57 Å². The van der Waals surface area contributed by atoms with Gasteiger partial charge in [-0.05, 0) is 32.3 Å². The van der Waals surface area contributed by atoms with Gasteiger partial charge in [0.15, 0.2) is 0 Å². The Hall–Kier alpha value is -1.57. The first kappa shape index (κ1) is 12.9. The molecule has 0 radical (unpaired) electrons. The minimum absolute atomic E-state index is 0.763. The van der Waals surface area contributed by atoms with Crippen molar-refractivity contribution in [3.05, 3.63) is 47.7 Å². The molecule has 1 aliphatic carbocycles. The molecule has 96 valence electrons. The lowest BCUT2D eigenvalue weighted by Crippen LogP contribution is -1.89. The van der Waals surface area contributed by atoms with Crippen molar-refractivity contribution in [2.45, 2.75) is 46.0 Å². The molecule has 0 fully saturated rings. The van der Waals surface area contributed by atoms with Crippen molar-refractivity contribution in [2.75, 3.05) is 0 Å². The average molecular weight is 243 g/mol. The molecule has 0 saturated heterocycles. The molecule has 0 amide bonds. The van der Waals surface area contributed by atoms with Gasteiger partial charge < -0.3 is 4.42 Å². The van der Waals surface area contributed by atoms with Gasteiger partial charge in [-0.25, -0.2) is 4.98 Å². The predicted molar refractivity (Wildman–Crippen MR) is 75.3 cm³/mol. The molecule has 0 bridgehead atoms. The van der Waals surface area contributed by atoms with Crippen molar-refractivity contribution in [1.82, 2.24) is 4.98 Å². The second-order valence-corrected chi connectivity index (χ2v) is 4.66. The van der Waals surface area contributed by atoms with Crippen molar-refractivity contribution in [1.29, 1.82) is 0 Å². The molecule has 0 saturated carbocycles. The van der Waals surface area contributed by atoms with Crippen LogP contribution in [-0.2, 0) is 6.42 Å². The highest BCUT2D eigenvalue weighted by Crippen LogP contribution is 2.22. The van der Waals surface area contributed by atoms with Crippen LogP contribution in [0.4, 0.5) is 0 Å². The molecule has 0 aromatic carbocycles. The molecule has 1 heterocycles. The van der Waals surface area contributed by atoms with E-state index in [0.29, 0.717) is 0 Å². The zero-order valence-corrected chi connectivity index (χ0v) is 11.3. The summed E-state index contributed by atoms with van der Waals surface area (Å²) in [7, 11) is 0. The molecule has 1 aliphatic rings. The number of aromatic nitrogens is 1. The molecule has 0 unspecified atom stereocenters. The topological polar surface area (TPSA) is 26.0 Å². The van der Waals surface area contributed by atoms with E-state index < -0.39 is 0 Å². The molecule has 1 aromatic heterocycles. The van der Waals surface area contributed by atoms with Crippen LogP contribution in [0.15, 0.2) is 34.8 Å². The van der Waals surface area contributed by atoms with E-state index in [9.17, 15) is 0 Å². The summed E-state index contributed by atoms with van der Waals surface area (Å²) in [5.74, 6) is 1.73. The Bertz CT molecular complexity index is 477. The van der Waals surface area contributed by atoms with Gasteiger partial charge in [0.25, 0.3) is 0 Å². The number of hydrogen-bond acceptors (Lipinski definition) is 2. The zero-order valence-electron chi connectivity index (χ0n) is 11.3. The second kappa shape index (κ2) is 6.39. The summed E-state index contributed by atoms with van der Waals surface area (Å²) in [4.78, 5) is 4.63. The lowest BCUT2D eigenvalue weighted by Gasteiger charge is -1.95. The van der Waals surface area contributed by atoms with Crippen molar-refractivity contribution in [3.63, 3.8) is 0 Å². The normalized spacial score (nSPS) is 14.7. The van der Waals surface area contributed by atoms with Gasteiger partial charge in [0.1, 0.15) is 5.76 Å². The molecule has 0 N–H and O–H groups in total. The number of nitrogens with zero attached hydrogens (tertiary/aromatic N) is 1. The van der Waals surface area contributed by atoms with Gasteiger partial charge in [0.2, 0.25) is 5.89 Å². The maximum absolute atomic E-state index is 5.78. The highest BCUT2D eigenvalue weighted by Gasteiger charge is 2.11. The lowest BCUT2D eigenvalue weighted by molar-refractivity contribution is 0.511. The van der Waals surface area contributed by atoms with E-state index in [0.717, 1.165) is 35.8 Å². The van der Waals surface area contributed by atoms with Crippen LogP contribution in [0.3, 0.4) is 0 Å². The van der Waals surface area contributed by atoms with Crippen molar-refractivity contribution in [3.8, 4) is 0 Å². The predicted octanol–water partition coefficient (Wildman–Crippen LogP) is 4.62. The molecular weight excluding hydrogens is 222 g/mol. The highest BCUT2D eigenvalue weighted by atomic mass is 16.4. The summed E-state index contributed by atoms with van der Waals surface area (Å²) in [6.07, 6.45) is 16.1. The third-order valence-electron chi connectivity index (χ3n) is 3.15. The van der Waals surface area contributed by atoms with E-state index in [2.05, 4.69) is 36.2 Å². The van der Waals surface area contributed by atoms with Crippen LogP contribution in [0.1, 0.15) is 50.0 Å². The Morgan fingerprint density at radius 3 is 3.00 bits per heavy atom. The van der Waals surface area contributed by atoms with Crippen molar-refractivity contribution in [2.24, 2.45) is 0 Å². The van der Waals surface area contributed by atoms with E-state index in [1.165, 1.54) is 19.3 Å². The molecule has 2 rings (SSSR count). The first-order valence-electron chi connectivity index (χ1n) is 6.81. The molecule has 0 atom stereocenters. The van der Waals surface area contributed by atoms with Crippen LogP contribution in [0.25, 0.3) is 5.57 Å². The number of hydrogen-bond donors (Lipinski definition) is 0. The summed E-state index contributed by atoms with van der Waals surface area (Å²) in [5, 5.41) is 0. The van der Waals surface area contributed by atoms with E-state index in [-0.39, 0.29) is 0 Å². The van der Waals surface area contributed by atoms with Gasteiger partial charge in [0.05, 0.1) is 5.69 Å². The van der Waals surface area contributed by atoms with Crippen molar-refractivity contribution < 1.29 is 4.42 Å². The molecular formula is C16H21NO. The van der Waals surface area contributed by atoms with E-state index >= 15 is 0 Å². The summed E-state index contributed by atoms with van der Waals surface area (Å²) in [6, 6.07) is 0. The molecule has 0 aliphatic heterocycles. The Morgan fingerprint density at radius 2 is 2.17 bits per heavy atom. The van der Waals surface area contributed by atoms with Gasteiger partial charge in [-0.15, -0.1) is 0 Å². The lowest BCUT2D eigenvalue weighted by atomic mass is 10.1. The van der Waals surface area contributed by atoms with Crippen LogP contribution < -0.4 is 0 Å². The van der Waals surface area contributed by atoms with E-state index in [1.807, 2.05) is 13.0 Å². The van der Waals surface area contributed by atoms with Crippen LogP contribution in [-0.4, -0.2) is 4.98 Å². The van der Waals surface area contributed by atoms with Gasteiger partial charge in [-0.1, -0.05) is 44.1 Å². The molecule has 18 heavy (non-hydrogen) atoms. The summed E-state index contributed by atoms with van der Waals surface area (Å²) < 4.78 is 5.78. The second-order valence-electron chi connectivity index (χ2n) is 4.66. The summed E-state index contributed by atoms with van der Waals surface area (Å²) >= 11 is 0. The van der Waals surface area contributed by atoms with Crippen LogP contribution >= 0.6 is 0 Å². The fourth-order valence-corrected chi connectivity index (χ4v) is 2.06. The Morgan fingerprint density at radius 1 is 1.28 bits per heavy atom. The fraction of sp³-hybridized carbons (Fsp3) is 0.438. The minimum atomic E-state index is 0.763. The standard InChI is InChI=1S/C16H21NO/c1-3-4-7-12-15-13(2)18-16(17-15)14-10-8-5-6-9-11-14/h5-6,8,10-11H,3-4,7,9,12H2,1-2H3. The van der Waals surface area contributed by atoms with Gasteiger partial charge in [-0.2, -0.15) is 0 Å².